The Morgan fingerprint density at radius 2 is 2.00 bits per heavy atom. The summed E-state index contributed by atoms with van der Waals surface area (Å²) < 4.78 is 13.5. The highest BCUT2D eigenvalue weighted by Gasteiger charge is 2.32. The number of nitrogens with zero attached hydrogens (tertiary/aromatic N) is 1. The van der Waals surface area contributed by atoms with E-state index in [1.807, 2.05) is 11.8 Å². The van der Waals surface area contributed by atoms with Gasteiger partial charge >= 0.3 is 0 Å². The zero-order chi connectivity index (χ0) is 10.8. The Labute approximate surface area is 91.7 Å². The summed E-state index contributed by atoms with van der Waals surface area (Å²) >= 11 is 1.82. The number of halogens is 1. The van der Waals surface area contributed by atoms with Gasteiger partial charge in [0, 0.05) is 12.1 Å². The number of thioether (sulfide) groups is 1. The molecule has 0 saturated carbocycles. The van der Waals surface area contributed by atoms with Gasteiger partial charge in [0.1, 0.15) is 0 Å². The van der Waals surface area contributed by atoms with Crippen molar-refractivity contribution in [2.75, 3.05) is 11.5 Å². The van der Waals surface area contributed by atoms with Crippen LogP contribution in [0.5, 0.6) is 0 Å². The monoisotopic (exact) mass is 229 g/mol. The van der Waals surface area contributed by atoms with Gasteiger partial charge in [-0.25, -0.2) is 0 Å². The lowest BCUT2D eigenvalue weighted by Crippen LogP contribution is -2.43. The van der Waals surface area contributed by atoms with Gasteiger partial charge in [-0.05, 0) is 24.3 Å². The minimum absolute atomic E-state index is 0.0527. The first-order valence-corrected chi connectivity index (χ1v) is 6.14. The van der Waals surface area contributed by atoms with Crippen molar-refractivity contribution in [3.8, 4) is 0 Å². The van der Waals surface area contributed by atoms with E-state index in [9.17, 15) is 14.0 Å². The van der Waals surface area contributed by atoms with Crippen LogP contribution in [0.2, 0.25) is 0 Å². The number of carbonyl (C=O) groups is 2. The molecule has 1 fully saturated rings. The molecule has 0 atom stereocenters. The van der Waals surface area contributed by atoms with Crippen molar-refractivity contribution in [2.24, 2.45) is 0 Å². The maximum Gasteiger partial charge on any atom is 0.236 e. The third-order valence-corrected chi connectivity index (χ3v) is 3.71. The topological polar surface area (TPSA) is 37.4 Å². The summed E-state index contributed by atoms with van der Waals surface area (Å²) in [6, 6.07) is -0.0527. The molecule has 1 saturated heterocycles. The average Bonchev–Trinajstić information content (AvgIpc) is 2.17. The fourth-order valence-corrected chi connectivity index (χ4v) is 3.01. The smallest absolute Gasteiger partial charge is 0.236 e. The van der Waals surface area contributed by atoms with Crippen LogP contribution in [0.25, 0.3) is 0 Å². The van der Waals surface area contributed by atoms with Crippen LogP contribution in [-0.2, 0) is 9.59 Å². The molecule has 0 unspecified atom stereocenters. The van der Waals surface area contributed by atoms with Crippen molar-refractivity contribution in [2.45, 2.75) is 25.3 Å². The first kappa shape index (κ1) is 10.7. The molecule has 2 heterocycles. The van der Waals surface area contributed by atoms with E-state index in [1.54, 1.807) is 0 Å². The van der Waals surface area contributed by atoms with Gasteiger partial charge in [-0.3, -0.25) is 14.5 Å². The SMILES string of the molecule is O=C1C=C(F)N(C2CCSCC2)C(=O)C1. The van der Waals surface area contributed by atoms with E-state index in [4.69, 9.17) is 0 Å². The molecule has 0 radical (unpaired) electrons. The third-order valence-electron chi connectivity index (χ3n) is 2.66. The Balaban J connectivity index is 2.15. The Morgan fingerprint density at radius 3 is 2.60 bits per heavy atom. The Morgan fingerprint density at radius 1 is 1.33 bits per heavy atom. The molecule has 2 rings (SSSR count). The summed E-state index contributed by atoms with van der Waals surface area (Å²) in [6.45, 7) is 0. The second kappa shape index (κ2) is 4.35. The van der Waals surface area contributed by atoms with Crippen molar-refractivity contribution >= 4 is 23.5 Å². The van der Waals surface area contributed by atoms with E-state index in [-0.39, 0.29) is 12.5 Å². The van der Waals surface area contributed by atoms with E-state index in [0.717, 1.165) is 30.4 Å². The molecule has 15 heavy (non-hydrogen) atoms. The molecule has 0 aromatic heterocycles. The van der Waals surface area contributed by atoms with Crippen LogP contribution in [-0.4, -0.2) is 34.1 Å². The summed E-state index contributed by atoms with van der Waals surface area (Å²) in [5.74, 6) is 0.412. The second-order valence-corrected chi connectivity index (χ2v) is 4.94. The van der Waals surface area contributed by atoms with Gasteiger partial charge < -0.3 is 0 Å². The van der Waals surface area contributed by atoms with E-state index >= 15 is 0 Å². The van der Waals surface area contributed by atoms with Gasteiger partial charge in [0.15, 0.2) is 11.7 Å². The first-order valence-electron chi connectivity index (χ1n) is 4.98. The summed E-state index contributed by atoms with van der Waals surface area (Å²) in [4.78, 5) is 23.6. The molecule has 0 aromatic rings. The van der Waals surface area contributed by atoms with Crippen molar-refractivity contribution in [3.63, 3.8) is 0 Å². The number of carbonyl (C=O) groups excluding carboxylic acids is 2. The number of ketones is 1. The fourth-order valence-electron chi connectivity index (χ4n) is 1.93. The molecule has 5 heteroatoms. The minimum Gasteiger partial charge on any atom is -0.294 e. The maximum atomic E-state index is 13.5. The summed E-state index contributed by atoms with van der Waals surface area (Å²) in [6.07, 6.45) is 2.37. The van der Waals surface area contributed by atoms with E-state index < -0.39 is 17.6 Å². The fraction of sp³-hybridized carbons (Fsp3) is 0.600. The zero-order valence-corrected chi connectivity index (χ0v) is 9.06. The highest BCUT2D eigenvalue weighted by atomic mass is 32.2. The number of hydrogen-bond acceptors (Lipinski definition) is 3. The molecule has 2 aliphatic heterocycles. The number of hydrogen-bond donors (Lipinski definition) is 0. The van der Waals surface area contributed by atoms with Crippen molar-refractivity contribution in [3.05, 3.63) is 12.0 Å². The molecule has 0 aromatic carbocycles. The average molecular weight is 229 g/mol. The second-order valence-electron chi connectivity index (χ2n) is 3.72. The molecule has 0 aliphatic carbocycles. The molecule has 0 bridgehead atoms. The van der Waals surface area contributed by atoms with Crippen molar-refractivity contribution < 1.29 is 14.0 Å². The van der Waals surface area contributed by atoms with Crippen LogP contribution in [0.15, 0.2) is 12.0 Å². The molecular weight excluding hydrogens is 217 g/mol. The van der Waals surface area contributed by atoms with E-state index in [2.05, 4.69) is 0 Å². The van der Waals surface area contributed by atoms with Crippen LogP contribution >= 0.6 is 11.8 Å². The molecular formula is C10H12FNO2S. The standard InChI is InChI=1S/C10H12FNO2S/c11-9-5-8(13)6-10(14)12(9)7-1-3-15-4-2-7/h5,7H,1-4,6H2. The van der Waals surface area contributed by atoms with Gasteiger partial charge in [0.2, 0.25) is 5.91 Å². The molecule has 3 nitrogen and oxygen atoms in total. The third kappa shape index (κ3) is 2.22. The maximum absolute atomic E-state index is 13.5. The summed E-state index contributed by atoms with van der Waals surface area (Å²) in [5, 5.41) is 0. The highest BCUT2D eigenvalue weighted by Crippen LogP contribution is 2.27. The summed E-state index contributed by atoms with van der Waals surface area (Å²) in [7, 11) is 0. The quantitative estimate of drug-likeness (QED) is 0.505. The van der Waals surface area contributed by atoms with Gasteiger partial charge in [-0.15, -0.1) is 0 Å². The van der Waals surface area contributed by atoms with Crippen LogP contribution in [0.4, 0.5) is 4.39 Å². The Bertz CT molecular complexity index is 323. The highest BCUT2D eigenvalue weighted by molar-refractivity contribution is 7.99. The van der Waals surface area contributed by atoms with Crippen LogP contribution < -0.4 is 0 Å². The predicted molar refractivity (Wildman–Crippen MR) is 56.0 cm³/mol. The lowest BCUT2D eigenvalue weighted by Gasteiger charge is -2.34. The van der Waals surface area contributed by atoms with Crippen LogP contribution in [0.1, 0.15) is 19.3 Å². The van der Waals surface area contributed by atoms with Crippen LogP contribution in [0.3, 0.4) is 0 Å². The van der Waals surface area contributed by atoms with Gasteiger partial charge in [0.05, 0.1) is 6.42 Å². The summed E-state index contributed by atoms with van der Waals surface area (Å²) in [5.41, 5.74) is 0. The van der Waals surface area contributed by atoms with Crippen LogP contribution in [0, 0.1) is 0 Å². The number of amides is 1. The molecule has 1 amide bonds. The molecule has 0 spiro atoms. The minimum atomic E-state index is -0.673. The normalized spacial score (nSPS) is 24.3. The molecule has 0 N–H and O–H groups in total. The zero-order valence-electron chi connectivity index (χ0n) is 8.24. The first-order chi connectivity index (χ1) is 7.18. The lowest BCUT2D eigenvalue weighted by molar-refractivity contribution is -0.137. The van der Waals surface area contributed by atoms with Gasteiger partial charge in [-0.1, -0.05) is 0 Å². The number of allylic oxidation sites excluding steroid dienone is 1. The van der Waals surface area contributed by atoms with Gasteiger partial charge in [-0.2, -0.15) is 16.2 Å². The lowest BCUT2D eigenvalue weighted by atomic mass is 10.1. The van der Waals surface area contributed by atoms with Gasteiger partial charge in [0.25, 0.3) is 0 Å². The van der Waals surface area contributed by atoms with Crippen molar-refractivity contribution in [1.29, 1.82) is 0 Å². The largest absolute Gasteiger partial charge is 0.294 e. The Kier molecular flexibility index (Phi) is 3.09. The van der Waals surface area contributed by atoms with E-state index in [1.165, 1.54) is 4.90 Å². The molecule has 82 valence electrons. The number of rotatable bonds is 1. The molecule has 2 aliphatic rings. The van der Waals surface area contributed by atoms with E-state index in [0.29, 0.717) is 0 Å². The Hall–Kier alpha value is -0.840. The predicted octanol–water partition coefficient (Wildman–Crippen LogP) is 1.49. The van der Waals surface area contributed by atoms with Crippen molar-refractivity contribution in [1.82, 2.24) is 4.90 Å².